The van der Waals surface area contributed by atoms with E-state index in [1.54, 1.807) is 36.7 Å². The van der Waals surface area contributed by atoms with E-state index in [1.807, 2.05) is 0 Å². The van der Waals surface area contributed by atoms with E-state index < -0.39 is 71.9 Å². The minimum atomic E-state index is -4.74. The molecule has 0 aliphatic rings. The van der Waals surface area contributed by atoms with Crippen molar-refractivity contribution in [3.8, 4) is 0 Å². The zero-order valence-corrected chi connectivity index (χ0v) is 39.7. The summed E-state index contributed by atoms with van der Waals surface area (Å²) >= 11 is 0. The maximum Gasteiger partial charge on any atom is 2.00 e. The Morgan fingerprint density at radius 2 is 0.559 bits per heavy atom. The fourth-order valence-electron chi connectivity index (χ4n) is 4.39. The van der Waals surface area contributed by atoms with Gasteiger partial charge in [-0.25, -0.2) is 33.7 Å². The number of amides is 2. The first-order valence-electron chi connectivity index (χ1n) is 14.3. The topological polar surface area (TPSA) is 734 Å². The van der Waals surface area contributed by atoms with E-state index in [0.29, 0.717) is 11.1 Å². The predicted octanol–water partition coefficient (Wildman–Crippen LogP) is -9.22. The van der Waals surface area contributed by atoms with Crippen molar-refractivity contribution in [3.63, 3.8) is 0 Å². The molecule has 0 atom stereocenters. The standard InChI is InChI=1S/2C10H8O6S2.2C6H6N2O.2Co.12H2O/c2*11-17(12,13)9-5-1-3-7-8(9)4-2-6-10(7)18(14,15)16;2*7-6(9)5-2-1-3-8-4-5;;;;;;;;;;;;;;/h2*1-6H,(H,11,12,13)(H,14,15,16);2*1-4H,(H2,7,9);;;12*1H2/q;;;;2*+2;;;;;;;;;;;;/p+6. The van der Waals surface area contributed by atoms with Crippen LogP contribution in [0.5, 0.6) is 0 Å². The van der Waals surface area contributed by atoms with Gasteiger partial charge >= 0.3 is 33.6 Å². The van der Waals surface area contributed by atoms with E-state index in [-0.39, 0.29) is 121 Å². The van der Waals surface area contributed by atoms with Gasteiger partial charge in [-0.2, -0.15) is 0 Å². The molecule has 0 fully saturated rings. The van der Waals surface area contributed by atoms with Gasteiger partial charge in [-0.1, -0.05) is 48.5 Å². The second-order valence-electron chi connectivity index (χ2n) is 10.2. The molecule has 2 amide bonds. The minimum Gasteiger partial charge on any atom is -0.744 e. The van der Waals surface area contributed by atoms with Crippen LogP contribution >= 0.6 is 0 Å². The van der Waals surface area contributed by atoms with Crippen molar-refractivity contribution in [2.45, 2.75) is 19.6 Å². The average molecular weight is 1160 g/mol. The maximum atomic E-state index is 11.0. The van der Waals surface area contributed by atoms with E-state index in [0.717, 1.165) is 24.3 Å². The van der Waals surface area contributed by atoms with Crippen LogP contribution in [0.15, 0.2) is 141 Å². The third kappa shape index (κ3) is 26.4. The molecule has 0 aliphatic heterocycles. The Bertz CT molecular complexity index is 2470. The number of aromatic nitrogens is 2. The second-order valence-corrected chi connectivity index (χ2v) is 15.6. The Hall–Kier alpha value is -5.19. The van der Waals surface area contributed by atoms with Gasteiger partial charge in [0, 0.05) is 46.3 Å². The zero-order chi connectivity index (χ0) is 40.5. The number of hydrogen-bond donors (Lipinski definition) is 2. The van der Waals surface area contributed by atoms with Gasteiger partial charge in [0.05, 0.1) is 30.7 Å². The summed E-state index contributed by atoms with van der Waals surface area (Å²) in [7, 11) is -19.0. The van der Waals surface area contributed by atoms with Crippen LogP contribution in [-0.2, 0) is 129 Å². The van der Waals surface area contributed by atoms with Gasteiger partial charge in [0.2, 0.25) is 11.8 Å². The van der Waals surface area contributed by atoms with Crippen molar-refractivity contribution in [1.82, 2.24) is 9.97 Å². The van der Waals surface area contributed by atoms with E-state index >= 15 is 0 Å². The minimum absolute atomic E-state index is 0. The number of primary amides is 2. The van der Waals surface area contributed by atoms with Crippen LogP contribution in [-0.4, -0.2) is 84.6 Å². The number of nitrogens with zero attached hydrogens (tertiary/aromatic N) is 2. The Morgan fingerprint density at radius 3 is 0.676 bits per heavy atom. The average Bonchev–Trinajstić information content (AvgIpc) is 3.10. The van der Waals surface area contributed by atoms with Crippen LogP contribution < -0.4 is 11.5 Å². The summed E-state index contributed by atoms with van der Waals surface area (Å²) in [5, 5.41) is -0.317. The fourth-order valence-corrected chi connectivity index (χ4v) is 7.16. The molecule has 38 N–H and O–H groups in total. The molecule has 30 nitrogen and oxygen atoms in total. The normalized spacial score (nSPS) is 9.12. The molecule has 2 radical (unpaired) electrons. The first kappa shape index (κ1) is 93.0. The number of benzene rings is 4. The van der Waals surface area contributed by atoms with Crippen molar-refractivity contribution in [2.75, 3.05) is 0 Å². The number of pyridine rings is 2. The summed E-state index contributed by atoms with van der Waals surface area (Å²) in [6.07, 6.45) is 6.05. The number of nitrogens with two attached hydrogens (primary N) is 2. The Kier molecular flexibility index (Phi) is 53.0. The first-order valence-corrected chi connectivity index (χ1v) is 19.9. The SMILES string of the molecule is NC(=O)c1cccnc1.NC(=O)c1cccnc1.O.O.O=S(=O)([O-])c1cccc2c(S(=O)(=O)[O-])cccc12.O=S(=O)([O-])c1cccc2c(S(=O)(=O)[O-])cccc12.[Co+2].[Co+2].[OH3+].[OH3+].[OH3+].[OH3+].[OH3+].[OH3+].[OH3+].[OH3+].[OH3+].[OH3+]. The number of hydrogen-bond acceptors (Lipinski definition) is 16. The Labute approximate surface area is 406 Å². The third-order valence-corrected chi connectivity index (χ3v) is 10.2. The molecular weight excluding hydrogens is 1100 g/mol. The van der Waals surface area contributed by atoms with Crippen LogP contribution in [0.1, 0.15) is 20.7 Å². The summed E-state index contributed by atoms with van der Waals surface area (Å²) in [5.41, 5.74) is 10.8. The van der Waals surface area contributed by atoms with Gasteiger partial charge in [0.1, 0.15) is 40.5 Å². The molecule has 4 aromatic carbocycles. The summed E-state index contributed by atoms with van der Waals surface area (Å²) < 4.78 is 132. The third-order valence-electron chi connectivity index (χ3n) is 6.65. The van der Waals surface area contributed by atoms with Crippen LogP contribution in [0, 0.1) is 0 Å². The summed E-state index contributed by atoms with van der Waals surface area (Å²) in [4.78, 5) is 26.0. The monoisotopic (exact) mass is 1160 g/mol. The number of carbonyl (C=O) groups excluding carboxylic acids is 2. The molecule has 394 valence electrons. The zero-order valence-electron chi connectivity index (χ0n) is 34.4. The molecule has 0 bridgehead atoms. The molecule has 36 heteroatoms. The summed E-state index contributed by atoms with van der Waals surface area (Å²) in [6.45, 7) is 0. The van der Waals surface area contributed by atoms with Gasteiger partial charge < -0.3 is 95.4 Å². The molecule has 6 rings (SSSR count). The van der Waals surface area contributed by atoms with E-state index in [4.69, 9.17) is 11.5 Å². The molecule has 0 aliphatic carbocycles. The first-order chi connectivity index (χ1) is 25.0. The van der Waals surface area contributed by atoms with E-state index in [1.165, 1.54) is 60.9 Å². The number of fused-ring (bicyclic) bond motifs is 2. The van der Waals surface area contributed by atoms with Gasteiger partial charge in [0.25, 0.3) is 0 Å². The van der Waals surface area contributed by atoms with Crippen LogP contribution in [0.4, 0.5) is 0 Å². The van der Waals surface area contributed by atoms with E-state index in [9.17, 15) is 61.5 Å². The van der Waals surface area contributed by atoms with Gasteiger partial charge in [-0.05, 0) is 48.5 Å². The largest absolute Gasteiger partial charge is 2.00 e. The summed E-state index contributed by atoms with van der Waals surface area (Å²) in [6, 6.07) is 20.8. The maximum absolute atomic E-state index is 11.0. The second kappa shape index (κ2) is 38.7. The van der Waals surface area contributed by atoms with Crippen molar-refractivity contribution < 1.29 is 161 Å². The number of carbonyl (C=O) groups is 2. The van der Waals surface area contributed by atoms with Crippen molar-refractivity contribution >= 4 is 73.8 Å². The molecule has 0 unspecified atom stereocenters. The molecular formula is C32H58Co2N4O26S4+10. The van der Waals surface area contributed by atoms with Gasteiger partial charge in [-0.15, -0.1) is 0 Å². The molecule has 0 saturated carbocycles. The Balaban J connectivity index is -0.0000000596. The van der Waals surface area contributed by atoms with Gasteiger partial charge in [0.15, 0.2) is 0 Å². The van der Waals surface area contributed by atoms with Crippen LogP contribution in [0.3, 0.4) is 0 Å². The van der Waals surface area contributed by atoms with Crippen LogP contribution in [0.2, 0.25) is 0 Å². The molecule has 0 saturated heterocycles. The molecule has 0 spiro atoms. The molecule has 2 heterocycles. The fraction of sp³-hybridized carbons (Fsp3) is 0. The quantitative estimate of drug-likeness (QED) is 0.116. The van der Waals surface area contributed by atoms with Crippen molar-refractivity contribution in [2.24, 2.45) is 11.5 Å². The van der Waals surface area contributed by atoms with Crippen molar-refractivity contribution in [3.05, 3.63) is 133 Å². The van der Waals surface area contributed by atoms with Crippen molar-refractivity contribution in [1.29, 1.82) is 0 Å². The molecule has 2 aromatic heterocycles. The summed E-state index contributed by atoms with van der Waals surface area (Å²) in [5.74, 6) is -0.883. The predicted molar refractivity (Wildman–Crippen MR) is 241 cm³/mol. The van der Waals surface area contributed by atoms with Crippen LogP contribution in [0.25, 0.3) is 21.5 Å². The Morgan fingerprint density at radius 1 is 0.368 bits per heavy atom. The molecule has 6 aromatic rings. The van der Waals surface area contributed by atoms with E-state index in [2.05, 4.69) is 9.97 Å². The smallest absolute Gasteiger partial charge is 0.744 e. The number of rotatable bonds is 6. The molecule has 68 heavy (non-hydrogen) atoms. The van der Waals surface area contributed by atoms with Gasteiger partial charge in [-0.3, -0.25) is 19.6 Å².